The third kappa shape index (κ3) is 2.76. The summed E-state index contributed by atoms with van der Waals surface area (Å²) in [5.41, 5.74) is 1.16. The van der Waals surface area contributed by atoms with Crippen LogP contribution < -0.4 is 4.74 Å². The zero-order valence-corrected chi connectivity index (χ0v) is 8.97. The maximum atomic E-state index is 5.63. The summed E-state index contributed by atoms with van der Waals surface area (Å²) < 4.78 is 9.45. The quantitative estimate of drug-likeness (QED) is 0.565. The summed E-state index contributed by atoms with van der Waals surface area (Å²) in [6.07, 6.45) is 0. The Hall–Kier alpha value is -1.96. The number of hydrogen-bond acceptors (Lipinski definition) is 1. The van der Waals surface area contributed by atoms with Crippen LogP contribution >= 0.6 is 0 Å². The van der Waals surface area contributed by atoms with E-state index >= 15 is 0 Å². The Morgan fingerprint density at radius 2 is 1.62 bits per heavy atom. The smallest absolute Gasteiger partial charge is 0.226 e. The van der Waals surface area contributed by atoms with E-state index in [1.54, 1.807) is 0 Å². The molecule has 2 heteroatoms. The van der Waals surface area contributed by atoms with Gasteiger partial charge in [0.25, 0.3) is 0 Å². The zero-order valence-electron chi connectivity index (χ0n) is 8.97. The maximum Gasteiger partial charge on any atom is 0.226 e. The van der Waals surface area contributed by atoms with Crippen molar-refractivity contribution < 1.29 is 9.47 Å². The minimum absolute atomic E-state index is 0.585. The van der Waals surface area contributed by atoms with Crippen molar-refractivity contribution in [1.29, 1.82) is 0 Å². The molecule has 0 amide bonds. The number of aromatic hydroxyl groups is 1. The predicted octanol–water partition coefficient (Wildman–Crippen LogP) is 3.30. The first-order chi connectivity index (χ1) is 7.88. The van der Waals surface area contributed by atoms with E-state index in [2.05, 4.69) is 11.8 Å². The molecular formula is C14H14O2. The van der Waals surface area contributed by atoms with Crippen molar-refractivity contribution in [3.63, 3.8) is 0 Å². The van der Waals surface area contributed by atoms with Crippen molar-refractivity contribution in [3.8, 4) is 11.5 Å². The van der Waals surface area contributed by atoms with Gasteiger partial charge in [-0.15, -0.1) is 0 Å². The minimum Gasteiger partial charge on any atom is -0.722 e. The van der Waals surface area contributed by atoms with Crippen molar-refractivity contribution in [2.75, 3.05) is 0 Å². The topological polar surface area (TPSA) is 22.0 Å². The lowest BCUT2D eigenvalue weighted by molar-refractivity contribution is 0.185. The molecule has 0 bridgehead atoms. The fraction of sp³-hybridized carbons (Fsp3) is 0.0714. The lowest BCUT2D eigenvalue weighted by Gasteiger charge is -2.07. The molecule has 16 heavy (non-hydrogen) atoms. The second-order valence-corrected chi connectivity index (χ2v) is 3.43. The molecule has 2 aromatic rings. The highest BCUT2D eigenvalue weighted by Crippen LogP contribution is 2.18. The van der Waals surface area contributed by atoms with Crippen LogP contribution in [0.5, 0.6) is 11.5 Å². The number of rotatable bonds is 4. The lowest BCUT2D eigenvalue weighted by atomic mass is 10.2. The number of aliphatic hydroxyl groups is 1. The van der Waals surface area contributed by atoms with Gasteiger partial charge in [0.05, 0.1) is 0 Å². The molecule has 2 nitrogen and oxygen atoms in total. The molecule has 0 atom stereocenters. The van der Waals surface area contributed by atoms with E-state index in [1.165, 1.54) is 0 Å². The second kappa shape index (κ2) is 5.21. The van der Waals surface area contributed by atoms with E-state index in [1.807, 2.05) is 54.6 Å². The molecule has 0 aliphatic heterocycles. The Balaban J connectivity index is 1.94. The highest BCUT2D eigenvalue weighted by Gasteiger charge is 1.97. The Kier molecular flexibility index (Phi) is 3.44. The molecule has 0 heterocycles. The molecule has 2 rings (SSSR count). The molecule has 2 aromatic carbocycles. The van der Waals surface area contributed by atoms with E-state index in [4.69, 9.17) is 4.74 Å². The zero-order chi connectivity index (χ0) is 11.2. The van der Waals surface area contributed by atoms with Crippen LogP contribution in [-0.2, 0) is 6.61 Å². The molecule has 0 spiro atoms. The average molecular weight is 214 g/mol. The molecule has 0 unspecified atom stereocenters. The highest BCUT2D eigenvalue weighted by molar-refractivity contribution is 5.31. The van der Waals surface area contributed by atoms with Gasteiger partial charge in [0.2, 0.25) is 5.75 Å². The lowest BCUT2D eigenvalue weighted by Crippen LogP contribution is -1.94. The first-order valence-corrected chi connectivity index (χ1v) is 5.12. The Bertz CT molecular complexity index is 420. The summed E-state index contributed by atoms with van der Waals surface area (Å²) in [5, 5.41) is 0. The number of ether oxygens (including phenoxy) is 2. The van der Waals surface area contributed by atoms with Crippen molar-refractivity contribution in [1.82, 2.24) is 0 Å². The van der Waals surface area contributed by atoms with Crippen LogP contribution in [0.25, 0.3) is 0 Å². The summed E-state index contributed by atoms with van der Waals surface area (Å²) in [5.74, 6) is 1.70. The minimum atomic E-state index is 0.585. The average Bonchev–Trinajstić information content (AvgIpc) is 2.38. The summed E-state index contributed by atoms with van der Waals surface area (Å²) >= 11 is 0. The Labute approximate surface area is 95.4 Å². The van der Waals surface area contributed by atoms with Crippen LogP contribution in [0.2, 0.25) is 0 Å². The maximum absolute atomic E-state index is 5.63. The van der Waals surface area contributed by atoms with E-state index in [0.29, 0.717) is 6.61 Å². The van der Waals surface area contributed by atoms with Crippen LogP contribution in [0, 0.1) is 7.11 Å². The second-order valence-electron chi connectivity index (χ2n) is 3.43. The van der Waals surface area contributed by atoms with Crippen molar-refractivity contribution >= 4 is 0 Å². The van der Waals surface area contributed by atoms with E-state index in [0.717, 1.165) is 17.1 Å². The van der Waals surface area contributed by atoms with Crippen molar-refractivity contribution in [2.45, 2.75) is 6.61 Å². The van der Waals surface area contributed by atoms with Crippen LogP contribution in [0.15, 0.2) is 54.6 Å². The third-order valence-electron chi connectivity index (χ3n) is 2.27. The molecule has 0 fully saturated rings. The van der Waals surface area contributed by atoms with E-state index in [-0.39, 0.29) is 0 Å². The highest BCUT2D eigenvalue weighted by atomic mass is 16.5. The largest absolute Gasteiger partial charge is 0.722 e. The monoisotopic (exact) mass is 214 g/mol. The summed E-state index contributed by atoms with van der Waals surface area (Å²) in [4.78, 5) is 0. The van der Waals surface area contributed by atoms with Crippen LogP contribution in [-0.4, -0.2) is 4.74 Å². The Morgan fingerprint density at radius 3 is 2.25 bits per heavy atom. The van der Waals surface area contributed by atoms with Crippen molar-refractivity contribution in [3.05, 3.63) is 67.3 Å². The summed E-state index contributed by atoms with van der Waals surface area (Å²) in [6.45, 7) is 0.585. The van der Waals surface area contributed by atoms with Crippen LogP contribution in [0.1, 0.15) is 5.56 Å². The van der Waals surface area contributed by atoms with Gasteiger partial charge in [-0.25, -0.2) is 0 Å². The van der Waals surface area contributed by atoms with Crippen LogP contribution in [0.4, 0.5) is 0 Å². The van der Waals surface area contributed by atoms with Crippen molar-refractivity contribution in [2.24, 2.45) is 0 Å². The van der Waals surface area contributed by atoms with Gasteiger partial charge in [0, 0.05) is 12.1 Å². The van der Waals surface area contributed by atoms with Gasteiger partial charge in [0.15, 0.2) is 0 Å². The molecule has 0 radical (unpaired) electrons. The summed E-state index contributed by atoms with van der Waals surface area (Å²) in [7, 11) is 3.46. The number of benzene rings is 2. The SMILES string of the molecule is [CH2-][OH+]c1ccc(OCc2ccccc2)cc1. The number of hydrogen-bond donors (Lipinski definition) is 0. The third-order valence-corrected chi connectivity index (χ3v) is 2.27. The first-order valence-electron chi connectivity index (χ1n) is 5.12. The fourth-order valence-electron chi connectivity index (χ4n) is 1.39. The van der Waals surface area contributed by atoms with Crippen LogP contribution in [0.3, 0.4) is 0 Å². The molecule has 0 aromatic heterocycles. The predicted molar refractivity (Wildman–Crippen MR) is 64.2 cm³/mol. The molecule has 0 saturated heterocycles. The van der Waals surface area contributed by atoms with Gasteiger partial charge in [0.1, 0.15) is 12.4 Å². The van der Waals surface area contributed by atoms with Gasteiger partial charge in [-0.3, -0.25) is 0 Å². The Morgan fingerprint density at radius 1 is 0.938 bits per heavy atom. The molecule has 1 N–H and O–H groups in total. The van der Waals surface area contributed by atoms with E-state index < -0.39 is 0 Å². The normalized spacial score (nSPS) is 9.81. The first kappa shape index (κ1) is 10.6. The van der Waals surface area contributed by atoms with Gasteiger partial charge in [-0.1, -0.05) is 30.3 Å². The molecule has 0 aliphatic rings. The molecule has 0 saturated carbocycles. The fourth-order valence-corrected chi connectivity index (χ4v) is 1.39. The molecule has 82 valence electrons. The van der Waals surface area contributed by atoms with Gasteiger partial charge >= 0.3 is 0 Å². The van der Waals surface area contributed by atoms with Gasteiger partial charge in [-0.2, -0.15) is 0 Å². The standard InChI is InChI=1S/C14H14O2/c1-15-13-7-9-14(10-8-13)16-11-12-5-3-2-4-6-12/h2-10,15H,1,11H2. The van der Waals surface area contributed by atoms with E-state index in [9.17, 15) is 0 Å². The molecule has 0 aliphatic carbocycles. The molecular weight excluding hydrogens is 200 g/mol. The summed E-state index contributed by atoms with van der Waals surface area (Å²) in [6, 6.07) is 17.6. The van der Waals surface area contributed by atoms with Gasteiger partial charge in [-0.05, 0) is 24.8 Å². The van der Waals surface area contributed by atoms with Gasteiger partial charge < -0.3 is 9.47 Å².